The molecule has 2 aliphatic rings. The van der Waals surface area contributed by atoms with Crippen LogP contribution in [0.4, 0.5) is 5.69 Å². The molecule has 146 valence electrons. The van der Waals surface area contributed by atoms with Crippen molar-refractivity contribution >= 4 is 29.0 Å². The van der Waals surface area contributed by atoms with Crippen LogP contribution in [0.1, 0.15) is 25.5 Å². The maximum absolute atomic E-state index is 13.0. The maximum Gasteiger partial charge on any atom is 0.317 e. The summed E-state index contributed by atoms with van der Waals surface area (Å²) in [4.78, 5) is 14.9. The summed E-state index contributed by atoms with van der Waals surface area (Å²) in [5, 5.41) is 3.83. The maximum atomic E-state index is 13.0. The summed E-state index contributed by atoms with van der Waals surface area (Å²) in [5.41, 5.74) is 0.625. The third-order valence-electron chi connectivity index (χ3n) is 5.26. The standard InChI is InChI=1S/C21H22N2O4S/c1-4-26-19(24)17-18-15-12-14(25-3)10-11-16(15)27-21(17,2)23(20(28)22-18)13-8-6-5-7-9-13/h5-12,17-18H,4H2,1-3H3,(H,22,28)/t17-,18+,21-/m0/s1. The minimum Gasteiger partial charge on any atom is -0.497 e. The number of thiocarbonyl (C=S) groups is 1. The van der Waals surface area contributed by atoms with E-state index in [-0.39, 0.29) is 12.0 Å². The molecule has 6 nitrogen and oxygen atoms in total. The zero-order valence-electron chi connectivity index (χ0n) is 16.0. The monoisotopic (exact) mass is 398 g/mol. The predicted molar refractivity (Wildman–Crippen MR) is 110 cm³/mol. The lowest BCUT2D eigenvalue weighted by Crippen LogP contribution is -2.71. The molecule has 1 N–H and O–H groups in total. The van der Waals surface area contributed by atoms with E-state index in [9.17, 15) is 4.79 Å². The van der Waals surface area contributed by atoms with Gasteiger partial charge in [0.05, 0.1) is 19.8 Å². The number of hydrogen-bond donors (Lipinski definition) is 1. The summed E-state index contributed by atoms with van der Waals surface area (Å²) in [6.45, 7) is 3.97. The van der Waals surface area contributed by atoms with Crippen LogP contribution < -0.4 is 19.7 Å². The first-order valence-corrected chi connectivity index (χ1v) is 9.59. The Kier molecular flexibility index (Phi) is 4.63. The van der Waals surface area contributed by atoms with E-state index < -0.39 is 11.6 Å². The summed E-state index contributed by atoms with van der Waals surface area (Å²) in [6.07, 6.45) is 0. The zero-order chi connectivity index (χ0) is 19.9. The number of benzene rings is 2. The number of para-hydroxylation sites is 1. The molecule has 1 saturated heterocycles. The predicted octanol–water partition coefficient (Wildman–Crippen LogP) is 3.42. The molecule has 2 aromatic carbocycles. The molecule has 0 radical (unpaired) electrons. The van der Waals surface area contributed by atoms with Crippen LogP contribution in [0.15, 0.2) is 48.5 Å². The first-order chi connectivity index (χ1) is 13.5. The molecule has 1 fully saturated rings. The molecule has 0 saturated carbocycles. The van der Waals surface area contributed by atoms with Gasteiger partial charge in [0.1, 0.15) is 17.4 Å². The van der Waals surface area contributed by atoms with E-state index in [0.29, 0.717) is 23.2 Å². The minimum atomic E-state index is -1.04. The van der Waals surface area contributed by atoms with Gasteiger partial charge in [-0.05, 0) is 56.4 Å². The second-order valence-corrected chi connectivity index (χ2v) is 7.28. The highest BCUT2D eigenvalue weighted by Crippen LogP contribution is 2.50. The second kappa shape index (κ2) is 6.98. The van der Waals surface area contributed by atoms with Crippen molar-refractivity contribution in [2.45, 2.75) is 25.6 Å². The van der Waals surface area contributed by atoms with E-state index in [1.807, 2.05) is 60.4 Å². The molecule has 0 spiro atoms. The van der Waals surface area contributed by atoms with Crippen LogP contribution in [0.2, 0.25) is 0 Å². The summed E-state index contributed by atoms with van der Waals surface area (Å²) < 4.78 is 17.2. The summed E-state index contributed by atoms with van der Waals surface area (Å²) in [5.74, 6) is 0.412. The van der Waals surface area contributed by atoms with Crippen molar-refractivity contribution in [2.24, 2.45) is 5.92 Å². The lowest BCUT2D eigenvalue weighted by molar-refractivity contribution is -0.159. The average Bonchev–Trinajstić information content (AvgIpc) is 2.68. The van der Waals surface area contributed by atoms with Crippen LogP contribution in [0.3, 0.4) is 0 Å². The van der Waals surface area contributed by atoms with Gasteiger partial charge < -0.3 is 19.5 Å². The van der Waals surface area contributed by atoms with Crippen LogP contribution in [0.25, 0.3) is 0 Å². The highest BCUT2D eigenvalue weighted by molar-refractivity contribution is 7.80. The summed E-state index contributed by atoms with van der Waals surface area (Å²) in [7, 11) is 1.61. The quantitative estimate of drug-likeness (QED) is 0.625. The molecule has 2 bridgehead atoms. The number of hydrogen-bond acceptors (Lipinski definition) is 5. The molecule has 3 atom stereocenters. The highest BCUT2D eigenvalue weighted by atomic mass is 32.1. The Morgan fingerprint density at radius 1 is 1.29 bits per heavy atom. The average molecular weight is 398 g/mol. The van der Waals surface area contributed by atoms with E-state index in [0.717, 1.165) is 11.3 Å². The molecular weight excluding hydrogens is 376 g/mol. The van der Waals surface area contributed by atoms with Gasteiger partial charge in [-0.3, -0.25) is 9.69 Å². The van der Waals surface area contributed by atoms with Crippen molar-refractivity contribution in [1.29, 1.82) is 0 Å². The third kappa shape index (κ3) is 2.77. The van der Waals surface area contributed by atoms with Crippen molar-refractivity contribution in [3.63, 3.8) is 0 Å². The van der Waals surface area contributed by atoms with Crippen LogP contribution in [0, 0.1) is 5.92 Å². The van der Waals surface area contributed by atoms with Crippen LogP contribution in [-0.4, -0.2) is 30.5 Å². The summed E-state index contributed by atoms with van der Waals surface area (Å²) in [6, 6.07) is 14.9. The normalized spacial score (nSPS) is 25.2. The van der Waals surface area contributed by atoms with Gasteiger partial charge in [-0.2, -0.15) is 0 Å². The molecule has 28 heavy (non-hydrogen) atoms. The molecule has 2 aromatic rings. The van der Waals surface area contributed by atoms with Gasteiger partial charge in [0.15, 0.2) is 5.11 Å². The number of carbonyl (C=O) groups is 1. The van der Waals surface area contributed by atoms with E-state index in [1.54, 1.807) is 14.0 Å². The Morgan fingerprint density at radius 3 is 2.71 bits per heavy atom. The first kappa shape index (κ1) is 18.6. The Labute approximate surface area is 169 Å². The highest BCUT2D eigenvalue weighted by Gasteiger charge is 2.59. The molecule has 2 heterocycles. The van der Waals surface area contributed by atoms with Crippen molar-refractivity contribution in [3.05, 3.63) is 54.1 Å². The van der Waals surface area contributed by atoms with Gasteiger partial charge in [-0.1, -0.05) is 18.2 Å². The van der Waals surface area contributed by atoms with Crippen molar-refractivity contribution in [1.82, 2.24) is 5.32 Å². The van der Waals surface area contributed by atoms with Crippen LogP contribution >= 0.6 is 12.2 Å². The van der Waals surface area contributed by atoms with Gasteiger partial charge in [-0.25, -0.2) is 0 Å². The Balaban J connectivity index is 1.89. The number of fused-ring (bicyclic) bond motifs is 4. The van der Waals surface area contributed by atoms with Crippen LogP contribution in [-0.2, 0) is 9.53 Å². The minimum absolute atomic E-state index is 0.291. The van der Waals surface area contributed by atoms with E-state index in [4.69, 9.17) is 26.4 Å². The fourth-order valence-corrected chi connectivity index (χ4v) is 4.46. The largest absolute Gasteiger partial charge is 0.497 e. The number of methoxy groups -OCH3 is 1. The molecule has 0 aliphatic carbocycles. The van der Waals surface area contributed by atoms with Gasteiger partial charge in [0.2, 0.25) is 5.72 Å². The smallest absolute Gasteiger partial charge is 0.317 e. The Bertz CT molecular complexity index is 920. The molecule has 0 aromatic heterocycles. The summed E-state index contributed by atoms with van der Waals surface area (Å²) >= 11 is 5.68. The van der Waals surface area contributed by atoms with Gasteiger partial charge in [-0.15, -0.1) is 0 Å². The fraction of sp³-hybridized carbons (Fsp3) is 0.333. The SMILES string of the molecule is CCOC(=O)[C@@H]1[C@@H]2NC(=S)N(c3ccccc3)[C@@]1(C)Oc1ccc(OC)cc12. The number of nitrogens with one attached hydrogen (secondary N) is 1. The second-order valence-electron chi connectivity index (χ2n) is 6.89. The fourth-order valence-electron chi connectivity index (χ4n) is 4.05. The topological polar surface area (TPSA) is 60.0 Å². The molecule has 4 rings (SSSR count). The lowest BCUT2D eigenvalue weighted by Gasteiger charge is -2.55. The lowest BCUT2D eigenvalue weighted by atomic mass is 9.79. The molecule has 2 aliphatic heterocycles. The molecule has 7 heteroatoms. The molecule has 0 unspecified atom stereocenters. The Morgan fingerprint density at radius 2 is 2.04 bits per heavy atom. The Hall–Kier alpha value is -2.80. The number of anilines is 1. The number of carbonyl (C=O) groups excluding carboxylic acids is 1. The van der Waals surface area contributed by atoms with Gasteiger partial charge >= 0.3 is 5.97 Å². The third-order valence-corrected chi connectivity index (χ3v) is 5.56. The van der Waals surface area contributed by atoms with Gasteiger partial charge in [0.25, 0.3) is 0 Å². The number of rotatable bonds is 4. The van der Waals surface area contributed by atoms with Crippen molar-refractivity contribution in [2.75, 3.05) is 18.6 Å². The molecular formula is C21H22N2O4S. The van der Waals surface area contributed by atoms with E-state index in [2.05, 4.69) is 5.32 Å². The number of ether oxygens (including phenoxy) is 3. The van der Waals surface area contributed by atoms with Crippen molar-refractivity contribution < 1.29 is 19.0 Å². The van der Waals surface area contributed by atoms with Crippen LogP contribution in [0.5, 0.6) is 11.5 Å². The van der Waals surface area contributed by atoms with E-state index in [1.165, 1.54) is 0 Å². The zero-order valence-corrected chi connectivity index (χ0v) is 16.8. The first-order valence-electron chi connectivity index (χ1n) is 9.19. The molecule has 0 amide bonds. The van der Waals surface area contributed by atoms with E-state index >= 15 is 0 Å². The number of nitrogens with zero attached hydrogens (tertiary/aromatic N) is 1. The van der Waals surface area contributed by atoms with Gasteiger partial charge in [0, 0.05) is 11.3 Å². The number of esters is 1. The van der Waals surface area contributed by atoms with Crippen molar-refractivity contribution in [3.8, 4) is 11.5 Å².